The summed E-state index contributed by atoms with van der Waals surface area (Å²) >= 11 is 3.49. The van der Waals surface area contributed by atoms with Gasteiger partial charge in [-0.1, -0.05) is 46.3 Å². The number of hydrogen-bond donors (Lipinski definition) is 2. The van der Waals surface area contributed by atoms with Crippen LogP contribution in [0.4, 0.5) is 0 Å². The number of rotatable bonds is 13. The van der Waals surface area contributed by atoms with Crippen molar-refractivity contribution in [3.8, 4) is 11.5 Å². The smallest absolute Gasteiger partial charge is 0.252 e. The summed E-state index contributed by atoms with van der Waals surface area (Å²) in [4.78, 5) is 18.8. The van der Waals surface area contributed by atoms with E-state index >= 15 is 0 Å². The fourth-order valence-corrected chi connectivity index (χ4v) is 4.70. The van der Waals surface area contributed by atoms with Crippen LogP contribution in [0.3, 0.4) is 0 Å². The van der Waals surface area contributed by atoms with Crippen molar-refractivity contribution in [1.82, 2.24) is 5.32 Å². The highest BCUT2D eigenvalue weighted by molar-refractivity contribution is 9.10. The highest BCUT2D eigenvalue weighted by Crippen LogP contribution is 2.43. The van der Waals surface area contributed by atoms with Gasteiger partial charge in [0.25, 0.3) is 5.91 Å². The summed E-state index contributed by atoms with van der Waals surface area (Å²) in [6.07, 6.45) is 2.60. The molecule has 0 spiro atoms. The molecule has 0 aromatic heterocycles. The molecule has 4 rings (SSSR count). The summed E-state index contributed by atoms with van der Waals surface area (Å²) in [5.41, 5.74) is 1.45. The molecule has 2 atom stereocenters. The summed E-state index contributed by atoms with van der Waals surface area (Å²) in [7, 11) is 1.63. The first kappa shape index (κ1) is 28.4. The van der Waals surface area contributed by atoms with Crippen molar-refractivity contribution in [3.63, 3.8) is 0 Å². The molecule has 1 heterocycles. The van der Waals surface area contributed by atoms with Crippen LogP contribution in [0.2, 0.25) is 0 Å². The lowest BCUT2D eigenvalue weighted by Crippen LogP contribution is -2.48. The van der Waals surface area contributed by atoms with Gasteiger partial charge in [0, 0.05) is 36.0 Å². The van der Waals surface area contributed by atoms with E-state index in [0.717, 1.165) is 26.9 Å². The van der Waals surface area contributed by atoms with Crippen LogP contribution >= 0.6 is 15.9 Å². The number of methoxy groups -OCH3 is 1. The molecule has 0 fully saturated rings. The van der Waals surface area contributed by atoms with Crippen LogP contribution in [0.15, 0.2) is 94.9 Å². The summed E-state index contributed by atoms with van der Waals surface area (Å²) in [6.45, 7) is 4.88. The van der Waals surface area contributed by atoms with Crippen molar-refractivity contribution in [2.24, 2.45) is 4.99 Å². The number of nitrogens with zero attached hydrogens (tertiary/aromatic N) is 1. The van der Waals surface area contributed by atoms with Gasteiger partial charge in [-0.15, -0.1) is 6.58 Å². The number of hydrogen-bond acceptors (Lipinski definition) is 6. The fourth-order valence-electron chi connectivity index (χ4n) is 4.44. The molecule has 0 saturated carbocycles. The Morgan fingerprint density at radius 2 is 1.79 bits per heavy atom. The molecule has 3 aromatic rings. The number of amides is 1. The van der Waals surface area contributed by atoms with E-state index in [1.54, 1.807) is 13.2 Å². The number of ether oxygens (including phenoxy) is 3. The molecule has 3 aromatic carbocycles. The first-order valence-corrected chi connectivity index (χ1v) is 13.7. The van der Waals surface area contributed by atoms with E-state index in [9.17, 15) is 4.79 Å². The van der Waals surface area contributed by atoms with Crippen LogP contribution in [0.25, 0.3) is 0 Å². The Balaban J connectivity index is 1.59. The molecule has 1 amide bonds. The number of aliphatic hydroxyl groups excluding tert-OH is 1. The topological polar surface area (TPSA) is 89.4 Å². The molecule has 8 heteroatoms. The summed E-state index contributed by atoms with van der Waals surface area (Å²) < 4.78 is 18.2. The van der Waals surface area contributed by atoms with Crippen LogP contribution in [-0.2, 0) is 16.0 Å². The minimum Gasteiger partial charge on any atom is -0.497 e. The molecule has 0 bridgehead atoms. The zero-order chi connectivity index (χ0) is 27.7. The maximum absolute atomic E-state index is 13.9. The van der Waals surface area contributed by atoms with Crippen LogP contribution in [0, 0.1) is 0 Å². The molecule has 0 radical (unpaired) electrons. The predicted octanol–water partition coefficient (Wildman–Crippen LogP) is 5.41. The largest absolute Gasteiger partial charge is 0.497 e. The van der Waals surface area contributed by atoms with Gasteiger partial charge >= 0.3 is 0 Å². The predicted molar refractivity (Wildman–Crippen MR) is 155 cm³/mol. The first-order chi connectivity index (χ1) is 19.0. The normalized spacial score (nSPS) is 18.1. The maximum Gasteiger partial charge on any atom is 0.252 e. The Labute approximate surface area is 237 Å². The number of carbonyl (C=O) groups is 1. The van der Waals surface area contributed by atoms with E-state index in [1.807, 2.05) is 72.8 Å². The van der Waals surface area contributed by atoms with Crippen molar-refractivity contribution in [2.75, 3.05) is 26.9 Å². The molecular formula is C31H33BrN2O5. The minimum absolute atomic E-state index is 0.0771. The van der Waals surface area contributed by atoms with Gasteiger partial charge in [-0.3, -0.25) is 4.79 Å². The lowest BCUT2D eigenvalue weighted by molar-refractivity contribution is -0.128. The molecule has 0 unspecified atom stereocenters. The zero-order valence-corrected chi connectivity index (χ0v) is 23.5. The Morgan fingerprint density at radius 3 is 2.44 bits per heavy atom. The average molecular weight is 594 g/mol. The summed E-state index contributed by atoms with van der Waals surface area (Å²) in [6, 6.07) is 22.9. The number of nitrogens with one attached hydrogen (secondary N) is 1. The van der Waals surface area contributed by atoms with Gasteiger partial charge in [0.05, 0.1) is 13.7 Å². The second kappa shape index (κ2) is 13.4. The third-order valence-corrected chi connectivity index (χ3v) is 7.05. The van der Waals surface area contributed by atoms with Crippen molar-refractivity contribution in [2.45, 2.75) is 30.9 Å². The molecule has 0 saturated heterocycles. The second-order valence-corrected chi connectivity index (χ2v) is 10.1. The lowest BCUT2D eigenvalue weighted by Gasteiger charge is -2.29. The second-order valence-electron chi connectivity index (χ2n) is 9.19. The van der Waals surface area contributed by atoms with E-state index < -0.39 is 11.6 Å². The van der Waals surface area contributed by atoms with Crippen LogP contribution in [0.1, 0.15) is 35.6 Å². The summed E-state index contributed by atoms with van der Waals surface area (Å²) in [5.74, 6) is 1.64. The summed E-state index contributed by atoms with van der Waals surface area (Å²) in [5, 5.41) is 12.1. The lowest BCUT2D eigenvalue weighted by atomic mass is 9.84. The van der Waals surface area contributed by atoms with Gasteiger partial charge < -0.3 is 24.6 Å². The minimum atomic E-state index is -1.22. The Bertz CT molecular complexity index is 1280. The van der Waals surface area contributed by atoms with E-state index in [1.165, 1.54) is 0 Å². The molecule has 1 aliphatic rings. The van der Waals surface area contributed by atoms with Crippen LogP contribution in [-0.4, -0.2) is 49.3 Å². The standard InChI is InChI=1S/C31H33BrN2O5/c1-3-18-31(30(36)33-19-17-22-5-13-26(37-2)14-6-22)28(23-7-11-25(32)12-8-23)39-29(34-31)24-9-15-27(16-10-24)38-21-4-20-35/h3,5-16,28,35H,1,4,17-21H2,2H3,(H,33,36)/t28-,31-/m1/s1. The number of carbonyl (C=O) groups excluding carboxylic acids is 1. The van der Waals surface area contributed by atoms with Crippen molar-refractivity contribution in [3.05, 3.63) is 107 Å². The molecule has 0 aliphatic carbocycles. The molecule has 7 nitrogen and oxygen atoms in total. The van der Waals surface area contributed by atoms with E-state index in [2.05, 4.69) is 27.8 Å². The van der Waals surface area contributed by atoms with E-state index in [-0.39, 0.29) is 12.5 Å². The van der Waals surface area contributed by atoms with Gasteiger partial charge in [0.15, 0.2) is 11.6 Å². The fraction of sp³-hybridized carbons (Fsp3) is 0.290. The maximum atomic E-state index is 13.9. The Kier molecular flexibility index (Phi) is 9.79. The molecule has 1 aliphatic heterocycles. The quantitative estimate of drug-likeness (QED) is 0.204. The van der Waals surface area contributed by atoms with Crippen LogP contribution < -0.4 is 14.8 Å². The van der Waals surface area contributed by atoms with Crippen molar-refractivity contribution in [1.29, 1.82) is 0 Å². The van der Waals surface area contributed by atoms with Gasteiger partial charge in [-0.25, -0.2) is 4.99 Å². The molecule has 39 heavy (non-hydrogen) atoms. The molecule has 2 N–H and O–H groups in total. The molecule has 204 valence electrons. The van der Waals surface area contributed by atoms with Gasteiger partial charge in [-0.2, -0.15) is 0 Å². The number of aliphatic hydroxyl groups is 1. The van der Waals surface area contributed by atoms with E-state index in [0.29, 0.717) is 44.1 Å². The van der Waals surface area contributed by atoms with Gasteiger partial charge in [-0.05, 0) is 66.1 Å². The highest BCUT2D eigenvalue weighted by Gasteiger charge is 2.52. The van der Waals surface area contributed by atoms with Crippen molar-refractivity contribution < 1.29 is 24.1 Å². The number of halogens is 1. The highest BCUT2D eigenvalue weighted by atomic mass is 79.9. The van der Waals surface area contributed by atoms with Gasteiger partial charge in [0.1, 0.15) is 11.5 Å². The van der Waals surface area contributed by atoms with Gasteiger partial charge in [0.2, 0.25) is 5.90 Å². The Morgan fingerprint density at radius 1 is 1.10 bits per heavy atom. The SMILES string of the molecule is C=CC[C@@]1(C(=O)NCCc2ccc(OC)cc2)N=C(c2ccc(OCCCO)cc2)O[C@@H]1c1ccc(Br)cc1. The Hall–Kier alpha value is -3.62. The molecular weight excluding hydrogens is 560 g/mol. The number of benzene rings is 3. The third kappa shape index (κ3) is 6.88. The van der Waals surface area contributed by atoms with E-state index in [4.69, 9.17) is 24.3 Å². The third-order valence-electron chi connectivity index (χ3n) is 6.52. The van der Waals surface area contributed by atoms with Crippen molar-refractivity contribution >= 4 is 27.7 Å². The number of aliphatic imine (C=N–C) groups is 1. The zero-order valence-electron chi connectivity index (χ0n) is 21.9. The van der Waals surface area contributed by atoms with Crippen LogP contribution in [0.5, 0.6) is 11.5 Å². The average Bonchev–Trinajstić information content (AvgIpc) is 3.35. The monoisotopic (exact) mass is 592 g/mol. The first-order valence-electron chi connectivity index (χ1n) is 12.9.